The number of fused-ring (bicyclic) bond motifs is 1. The standard InChI is InChI=1S/C23H21N5O3/c1-2-16-8-10-17(11-9-16)26-20(29)15-27-19-7-5-13-25-21(19)22(30)28(23(27)31)14-18-6-3-4-12-24-18/h3-13H,2,14-15H2,1H3,(H,26,29). The van der Waals surface area contributed by atoms with E-state index >= 15 is 0 Å². The summed E-state index contributed by atoms with van der Waals surface area (Å²) < 4.78 is 2.32. The molecule has 4 rings (SSSR count). The molecule has 0 aliphatic carbocycles. The number of rotatable bonds is 6. The van der Waals surface area contributed by atoms with E-state index in [1.54, 1.807) is 36.5 Å². The maximum absolute atomic E-state index is 13.2. The van der Waals surface area contributed by atoms with Gasteiger partial charge in [-0.2, -0.15) is 0 Å². The highest BCUT2D eigenvalue weighted by Gasteiger charge is 2.16. The average Bonchev–Trinajstić information content (AvgIpc) is 2.80. The van der Waals surface area contributed by atoms with Gasteiger partial charge in [-0.25, -0.2) is 9.78 Å². The molecule has 0 aliphatic heterocycles. The average molecular weight is 415 g/mol. The minimum Gasteiger partial charge on any atom is -0.325 e. The number of anilines is 1. The van der Waals surface area contributed by atoms with Gasteiger partial charge in [-0.05, 0) is 48.4 Å². The van der Waals surface area contributed by atoms with Gasteiger partial charge < -0.3 is 5.32 Å². The van der Waals surface area contributed by atoms with Gasteiger partial charge in [0.15, 0.2) is 5.52 Å². The normalized spacial score (nSPS) is 10.9. The molecule has 0 spiro atoms. The van der Waals surface area contributed by atoms with E-state index in [-0.39, 0.29) is 24.5 Å². The number of aromatic nitrogens is 4. The van der Waals surface area contributed by atoms with E-state index < -0.39 is 11.2 Å². The third-order valence-corrected chi connectivity index (χ3v) is 4.98. The van der Waals surface area contributed by atoms with Crippen LogP contribution in [-0.4, -0.2) is 25.0 Å². The molecule has 4 aromatic rings. The summed E-state index contributed by atoms with van der Waals surface area (Å²) in [7, 11) is 0. The lowest BCUT2D eigenvalue weighted by molar-refractivity contribution is -0.116. The molecule has 8 heteroatoms. The Labute approximate surface area is 177 Å². The van der Waals surface area contributed by atoms with Crippen LogP contribution in [0.1, 0.15) is 18.2 Å². The Hall–Kier alpha value is -4.07. The van der Waals surface area contributed by atoms with Crippen LogP contribution in [0.2, 0.25) is 0 Å². The number of nitrogens with zero attached hydrogens (tertiary/aromatic N) is 4. The summed E-state index contributed by atoms with van der Waals surface area (Å²) in [5.41, 5.74) is 1.69. The van der Waals surface area contributed by atoms with E-state index in [4.69, 9.17) is 0 Å². The van der Waals surface area contributed by atoms with E-state index in [0.717, 1.165) is 16.6 Å². The first kappa shape index (κ1) is 20.2. The summed E-state index contributed by atoms with van der Waals surface area (Å²) in [6.07, 6.45) is 3.98. The molecule has 156 valence electrons. The lowest BCUT2D eigenvalue weighted by Crippen LogP contribution is -2.42. The first-order valence-corrected chi connectivity index (χ1v) is 9.94. The molecule has 0 atom stereocenters. The molecular formula is C23H21N5O3. The molecule has 0 aliphatic rings. The summed E-state index contributed by atoms with van der Waals surface area (Å²) in [6.45, 7) is 1.79. The zero-order valence-corrected chi connectivity index (χ0v) is 17.0. The van der Waals surface area contributed by atoms with Crippen molar-refractivity contribution < 1.29 is 4.79 Å². The monoisotopic (exact) mass is 415 g/mol. The Morgan fingerprint density at radius 3 is 2.42 bits per heavy atom. The van der Waals surface area contributed by atoms with Gasteiger partial charge in [0, 0.05) is 18.1 Å². The Morgan fingerprint density at radius 1 is 0.935 bits per heavy atom. The molecule has 1 aromatic carbocycles. The van der Waals surface area contributed by atoms with Gasteiger partial charge in [-0.3, -0.25) is 23.7 Å². The summed E-state index contributed by atoms with van der Waals surface area (Å²) >= 11 is 0. The number of aryl methyl sites for hydroxylation is 1. The van der Waals surface area contributed by atoms with Crippen LogP contribution in [0.4, 0.5) is 5.69 Å². The maximum Gasteiger partial charge on any atom is 0.332 e. The van der Waals surface area contributed by atoms with Gasteiger partial charge in [0.25, 0.3) is 5.56 Å². The van der Waals surface area contributed by atoms with Gasteiger partial charge in [0.05, 0.1) is 17.8 Å². The third kappa shape index (κ3) is 4.28. The highest BCUT2D eigenvalue weighted by Crippen LogP contribution is 2.11. The molecule has 0 saturated heterocycles. The number of carbonyl (C=O) groups excluding carboxylic acids is 1. The van der Waals surface area contributed by atoms with Crippen LogP contribution in [0.15, 0.2) is 76.6 Å². The van der Waals surface area contributed by atoms with E-state index in [1.165, 1.54) is 10.8 Å². The molecule has 0 unspecified atom stereocenters. The predicted octanol–water partition coefficient (Wildman–Crippen LogP) is 2.20. The molecule has 0 saturated carbocycles. The Balaban J connectivity index is 1.71. The fourth-order valence-corrected chi connectivity index (χ4v) is 3.36. The first-order chi connectivity index (χ1) is 15.1. The largest absolute Gasteiger partial charge is 0.332 e. The second kappa shape index (κ2) is 8.74. The minimum absolute atomic E-state index is 0.00881. The van der Waals surface area contributed by atoms with Gasteiger partial charge in [-0.1, -0.05) is 25.1 Å². The summed E-state index contributed by atoms with van der Waals surface area (Å²) in [4.78, 5) is 47.1. The number of carbonyl (C=O) groups is 1. The second-order valence-corrected chi connectivity index (χ2v) is 7.05. The molecular weight excluding hydrogens is 394 g/mol. The Kier molecular flexibility index (Phi) is 5.70. The van der Waals surface area contributed by atoms with E-state index in [0.29, 0.717) is 16.9 Å². The summed E-state index contributed by atoms with van der Waals surface area (Å²) in [6, 6.07) is 16.0. The molecule has 0 bridgehead atoms. The van der Waals surface area contributed by atoms with Crippen LogP contribution in [0, 0.1) is 0 Å². The molecule has 31 heavy (non-hydrogen) atoms. The molecule has 3 heterocycles. The molecule has 1 N–H and O–H groups in total. The van der Waals surface area contributed by atoms with Crippen molar-refractivity contribution in [1.82, 2.24) is 19.1 Å². The van der Waals surface area contributed by atoms with Crippen molar-refractivity contribution in [3.8, 4) is 0 Å². The minimum atomic E-state index is -0.590. The Bertz CT molecular complexity index is 1340. The van der Waals surface area contributed by atoms with E-state index in [1.807, 2.05) is 24.3 Å². The van der Waals surface area contributed by atoms with Crippen LogP contribution in [0.5, 0.6) is 0 Å². The van der Waals surface area contributed by atoms with Crippen molar-refractivity contribution in [2.75, 3.05) is 5.32 Å². The van der Waals surface area contributed by atoms with Crippen molar-refractivity contribution in [3.05, 3.63) is 99.1 Å². The lowest BCUT2D eigenvalue weighted by Gasteiger charge is -2.13. The molecule has 3 aromatic heterocycles. The van der Waals surface area contributed by atoms with E-state index in [9.17, 15) is 14.4 Å². The van der Waals surface area contributed by atoms with Crippen LogP contribution >= 0.6 is 0 Å². The number of benzene rings is 1. The topological polar surface area (TPSA) is 98.9 Å². The van der Waals surface area contributed by atoms with Crippen molar-refractivity contribution in [1.29, 1.82) is 0 Å². The van der Waals surface area contributed by atoms with Crippen LogP contribution in [-0.2, 0) is 24.3 Å². The van der Waals surface area contributed by atoms with Crippen molar-refractivity contribution in [3.63, 3.8) is 0 Å². The zero-order chi connectivity index (χ0) is 21.8. The Morgan fingerprint density at radius 2 is 1.71 bits per heavy atom. The van der Waals surface area contributed by atoms with Gasteiger partial charge in [0.1, 0.15) is 6.54 Å². The van der Waals surface area contributed by atoms with Crippen LogP contribution < -0.4 is 16.6 Å². The van der Waals surface area contributed by atoms with Crippen LogP contribution in [0.25, 0.3) is 11.0 Å². The molecule has 0 radical (unpaired) electrons. The van der Waals surface area contributed by atoms with Crippen LogP contribution in [0.3, 0.4) is 0 Å². The lowest BCUT2D eigenvalue weighted by atomic mass is 10.1. The highest BCUT2D eigenvalue weighted by atomic mass is 16.2. The first-order valence-electron chi connectivity index (χ1n) is 9.94. The number of hydrogen-bond donors (Lipinski definition) is 1. The summed E-state index contributed by atoms with van der Waals surface area (Å²) in [5.74, 6) is -0.375. The number of hydrogen-bond acceptors (Lipinski definition) is 5. The fourth-order valence-electron chi connectivity index (χ4n) is 3.36. The quantitative estimate of drug-likeness (QED) is 0.521. The number of pyridine rings is 2. The number of nitrogens with one attached hydrogen (secondary N) is 1. The van der Waals surface area contributed by atoms with Gasteiger partial charge in [-0.15, -0.1) is 0 Å². The van der Waals surface area contributed by atoms with Crippen molar-refractivity contribution >= 4 is 22.6 Å². The van der Waals surface area contributed by atoms with E-state index in [2.05, 4.69) is 22.2 Å². The molecule has 1 amide bonds. The summed E-state index contributed by atoms with van der Waals surface area (Å²) in [5, 5.41) is 2.80. The predicted molar refractivity (Wildman–Crippen MR) is 118 cm³/mol. The SMILES string of the molecule is CCc1ccc(NC(=O)Cn2c(=O)n(Cc3ccccn3)c(=O)c3ncccc32)cc1. The number of amides is 1. The van der Waals surface area contributed by atoms with Gasteiger partial charge >= 0.3 is 5.69 Å². The maximum atomic E-state index is 13.2. The zero-order valence-electron chi connectivity index (χ0n) is 17.0. The smallest absolute Gasteiger partial charge is 0.325 e. The fraction of sp³-hybridized carbons (Fsp3) is 0.174. The van der Waals surface area contributed by atoms with Gasteiger partial charge in [0.2, 0.25) is 5.91 Å². The molecule has 8 nitrogen and oxygen atoms in total. The van der Waals surface area contributed by atoms with Crippen molar-refractivity contribution in [2.24, 2.45) is 0 Å². The van der Waals surface area contributed by atoms with Crippen molar-refractivity contribution in [2.45, 2.75) is 26.4 Å². The highest BCUT2D eigenvalue weighted by molar-refractivity contribution is 5.91. The second-order valence-electron chi connectivity index (χ2n) is 7.05. The molecule has 0 fully saturated rings. The third-order valence-electron chi connectivity index (χ3n) is 4.98.